The summed E-state index contributed by atoms with van der Waals surface area (Å²) < 4.78 is 0. The monoisotopic (exact) mass is 240 g/mol. The minimum Gasteiger partial charge on any atom is -0.377 e. The highest BCUT2D eigenvalue weighted by molar-refractivity contribution is 5.50. The topological polar surface area (TPSA) is 24.9 Å². The van der Waals surface area contributed by atoms with Crippen LogP contribution in [0.5, 0.6) is 0 Å². The van der Waals surface area contributed by atoms with Gasteiger partial charge in [0.15, 0.2) is 0 Å². The molecule has 2 rings (SSSR count). The molecule has 2 aromatic rings. The fourth-order valence-corrected chi connectivity index (χ4v) is 2.08. The summed E-state index contributed by atoms with van der Waals surface area (Å²) in [4.78, 5) is 4.19. The average molecular weight is 240 g/mol. The molecule has 0 aliphatic heterocycles. The molecule has 1 aromatic heterocycles. The molecule has 18 heavy (non-hydrogen) atoms. The molecule has 0 fully saturated rings. The molecule has 1 N–H and O–H groups in total. The van der Waals surface area contributed by atoms with Crippen molar-refractivity contribution in [3.8, 4) is 0 Å². The van der Waals surface area contributed by atoms with Gasteiger partial charge in [0.25, 0.3) is 0 Å². The Bertz CT molecular complexity index is 491. The Balaban J connectivity index is 2.26. The minimum atomic E-state index is 0.314. The molecule has 1 atom stereocenters. The maximum Gasteiger partial charge on any atom is 0.0561 e. The summed E-state index contributed by atoms with van der Waals surface area (Å²) in [5.41, 5.74) is 3.65. The van der Waals surface area contributed by atoms with Crippen molar-refractivity contribution < 1.29 is 0 Å². The minimum absolute atomic E-state index is 0.314. The van der Waals surface area contributed by atoms with Gasteiger partial charge in [-0.25, -0.2) is 0 Å². The van der Waals surface area contributed by atoms with E-state index in [9.17, 15) is 0 Å². The zero-order chi connectivity index (χ0) is 13.0. The van der Waals surface area contributed by atoms with Gasteiger partial charge in [-0.2, -0.15) is 0 Å². The van der Waals surface area contributed by atoms with Crippen molar-refractivity contribution >= 4 is 5.69 Å². The van der Waals surface area contributed by atoms with Gasteiger partial charge in [-0.05, 0) is 30.0 Å². The Kier molecular flexibility index (Phi) is 3.98. The van der Waals surface area contributed by atoms with Gasteiger partial charge in [0.2, 0.25) is 0 Å². The first-order chi connectivity index (χ1) is 8.68. The lowest BCUT2D eigenvalue weighted by Crippen LogP contribution is -2.17. The van der Waals surface area contributed by atoms with Crippen LogP contribution in [0.15, 0.2) is 48.8 Å². The highest BCUT2D eigenvalue weighted by atomic mass is 14.9. The van der Waals surface area contributed by atoms with Gasteiger partial charge in [-0.1, -0.05) is 44.2 Å². The van der Waals surface area contributed by atoms with Crippen molar-refractivity contribution in [2.45, 2.75) is 26.8 Å². The summed E-state index contributed by atoms with van der Waals surface area (Å²) in [5.74, 6) is 0.520. The van der Waals surface area contributed by atoms with E-state index in [-0.39, 0.29) is 0 Å². The number of nitrogens with one attached hydrogen (secondary N) is 1. The van der Waals surface area contributed by atoms with E-state index in [0.717, 1.165) is 5.69 Å². The highest BCUT2D eigenvalue weighted by Gasteiger charge is 2.15. The molecule has 2 heteroatoms. The molecule has 2 nitrogen and oxygen atoms in total. The fraction of sp³-hybridized carbons (Fsp3) is 0.312. The molecule has 0 bridgehead atoms. The van der Waals surface area contributed by atoms with Gasteiger partial charge >= 0.3 is 0 Å². The van der Waals surface area contributed by atoms with Gasteiger partial charge in [0, 0.05) is 6.20 Å². The Morgan fingerprint density at radius 2 is 1.78 bits per heavy atom. The largest absolute Gasteiger partial charge is 0.377 e. The summed E-state index contributed by atoms with van der Waals surface area (Å²) in [6, 6.07) is 12.9. The van der Waals surface area contributed by atoms with Crippen LogP contribution >= 0.6 is 0 Å². The van der Waals surface area contributed by atoms with Crippen LogP contribution in [0.3, 0.4) is 0 Å². The lowest BCUT2D eigenvalue weighted by molar-refractivity contribution is 0.546. The molecule has 0 saturated heterocycles. The van der Waals surface area contributed by atoms with E-state index in [4.69, 9.17) is 0 Å². The highest BCUT2D eigenvalue weighted by Crippen LogP contribution is 2.27. The predicted molar refractivity (Wildman–Crippen MR) is 76.6 cm³/mol. The Labute approximate surface area is 109 Å². The van der Waals surface area contributed by atoms with Crippen LogP contribution < -0.4 is 5.32 Å². The van der Waals surface area contributed by atoms with Crippen molar-refractivity contribution in [2.24, 2.45) is 5.92 Å². The molecule has 0 amide bonds. The second-order valence-electron chi connectivity index (χ2n) is 4.97. The van der Waals surface area contributed by atoms with E-state index < -0.39 is 0 Å². The first-order valence-electron chi connectivity index (χ1n) is 6.40. The predicted octanol–water partition coefficient (Wildman–Crippen LogP) is 4.20. The number of aryl methyl sites for hydroxylation is 1. The number of nitrogens with zero attached hydrogens (tertiary/aromatic N) is 1. The van der Waals surface area contributed by atoms with Gasteiger partial charge < -0.3 is 5.32 Å². The van der Waals surface area contributed by atoms with Crippen LogP contribution in [0.2, 0.25) is 0 Å². The summed E-state index contributed by atoms with van der Waals surface area (Å²) >= 11 is 0. The van der Waals surface area contributed by atoms with Crippen LogP contribution in [0, 0.1) is 12.8 Å². The normalized spacial score (nSPS) is 12.4. The summed E-state index contributed by atoms with van der Waals surface area (Å²) in [6.45, 7) is 6.57. The molecule has 0 aliphatic rings. The van der Waals surface area contributed by atoms with Crippen molar-refractivity contribution in [2.75, 3.05) is 5.32 Å². The van der Waals surface area contributed by atoms with E-state index in [0.29, 0.717) is 12.0 Å². The van der Waals surface area contributed by atoms with Crippen molar-refractivity contribution in [1.82, 2.24) is 4.98 Å². The Morgan fingerprint density at radius 3 is 2.39 bits per heavy atom. The van der Waals surface area contributed by atoms with Crippen LogP contribution in [-0.4, -0.2) is 4.98 Å². The molecule has 0 spiro atoms. The maximum absolute atomic E-state index is 4.19. The third-order valence-corrected chi connectivity index (χ3v) is 3.18. The number of aromatic nitrogens is 1. The van der Waals surface area contributed by atoms with Crippen molar-refractivity contribution in [1.29, 1.82) is 0 Å². The number of rotatable bonds is 4. The van der Waals surface area contributed by atoms with Gasteiger partial charge in [0.1, 0.15) is 0 Å². The average Bonchev–Trinajstić information content (AvgIpc) is 2.38. The van der Waals surface area contributed by atoms with E-state index in [1.807, 2.05) is 18.5 Å². The molecule has 0 radical (unpaired) electrons. The third-order valence-electron chi connectivity index (χ3n) is 3.18. The van der Waals surface area contributed by atoms with Crippen molar-refractivity contribution in [3.05, 3.63) is 59.9 Å². The van der Waals surface area contributed by atoms with E-state index in [1.54, 1.807) is 0 Å². The van der Waals surface area contributed by atoms with E-state index in [2.05, 4.69) is 61.4 Å². The molecule has 1 unspecified atom stereocenters. The number of hydrogen-bond acceptors (Lipinski definition) is 2. The lowest BCUT2D eigenvalue weighted by Gasteiger charge is -2.24. The number of hydrogen-bond donors (Lipinski definition) is 1. The van der Waals surface area contributed by atoms with Crippen LogP contribution in [0.1, 0.15) is 31.0 Å². The number of pyridine rings is 1. The molecule has 94 valence electrons. The fourth-order valence-electron chi connectivity index (χ4n) is 2.08. The molecule has 1 heterocycles. The van der Waals surface area contributed by atoms with Crippen LogP contribution in [0.4, 0.5) is 5.69 Å². The number of anilines is 1. The molecule has 0 saturated carbocycles. The Hall–Kier alpha value is -1.83. The second kappa shape index (κ2) is 5.67. The summed E-state index contributed by atoms with van der Waals surface area (Å²) in [7, 11) is 0. The van der Waals surface area contributed by atoms with Gasteiger partial charge in [-0.3, -0.25) is 4.98 Å². The van der Waals surface area contributed by atoms with Gasteiger partial charge in [-0.15, -0.1) is 0 Å². The quantitative estimate of drug-likeness (QED) is 0.866. The first-order valence-corrected chi connectivity index (χ1v) is 6.40. The third kappa shape index (κ3) is 2.89. The molecular weight excluding hydrogens is 220 g/mol. The molecule has 0 aliphatic carbocycles. The second-order valence-corrected chi connectivity index (χ2v) is 4.97. The zero-order valence-corrected chi connectivity index (χ0v) is 11.2. The molecular formula is C16H20N2. The summed E-state index contributed by atoms with van der Waals surface area (Å²) in [5, 5.41) is 3.60. The SMILES string of the molecule is Cc1ccncc1NC(c1ccccc1)C(C)C. The lowest BCUT2D eigenvalue weighted by atomic mass is 9.95. The Morgan fingerprint density at radius 1 is 1.06 bits per heavy atom. The van der Waals surface area contributed by atoms with E-state index >= 15 is 0 Å². The maximum atomic E-state index is 4.19. The van der Waals surface area contributed by atoms with E-state index in [1.165, 1.54) is 11.1 Å². The zero-order valence-electron chi connectivity index (χ0n) is 11.2. The first kappa shape index (κ1) is 12.6. The smallest absolute Gasteiger partial charge is 0.0561 e. The summed E-state index contributed by atoms with van der Waals surface area (Å²) in [6.07, 6.45) is 3.72. The van der Waals surface area contributed by atoms with Crippen LogP contribution in [-0.2, 0) is 0 Å². The van der Waals surface area contributed by atoms with Gasteiger partial charge in [0.05, 0.1) is 17.9 Å². The van der Waals surface area contributed by atoms with Crippen molar-refractivity contribution in [3.63, 3.8) is 0 Å². The number of benzene rings is 1. The standard InChI is InChI=1S/C16H20N2/c1-12(2)16(14-7-5-4-6-8-14)18-15-11-17-10-9-13(15)3/h4-12,16,18H,1-3H3. The molecule has 1 aromatic carbocycles. The van der Waals surface area contributed by atoms with Crippen LogP contribution in [0.25, 0.3) is 0 Å².